The molecule has 19 heavy (non-hydrogen) atoms. The first kappa shape index (κ1) is 15.9. The predicted molar refractivity (Wildman–Crippen MR) is 71.6 cm³/mol. The first-order chi connectivity index (χ1) is 8.99. The smallest absolute Gasteiger partial charge is 0.245 e. The van der Waals surface area contributed by atoms with Gasteiger partial charge in [0, 0.05) is 13.2 Å². The lowest BCUT2D eigenvalue weighted by atomic mass is 10.2. The number of hydrogen-bond acceptors (Lipinski definition) is 4. The topological polar surface area (TPSA) is 92.4 Å². The molecule has 0 fully saturated rings. The summed E-state index contributed by atoms with van der Waals surface area (Å²) in [4.78, 5) is -0.495. The van der Waals surface area contributed by atoms with Gasteiger partial charge in [-0.25, -0.2) is 17.5 Å². The quantitative estimate of drug-likeness (QED) is 0.496. The Morgan fingerprint density at radius 1 is 1.21 bits per heavy atom. The number of aliphatic hydroxyl groups is 1. The zero-order chi connectivity index (χ0) is 14.3. The van der Waals surface area contributed by atoms with Gasteiger partial charge in [-0.15, -0.1) is 0 Å². The summed E-state index contributed by atoms with van der Waals surface area (Å²) in [5.74, 6) is -0.854. The van der Waals surface area contributed by atoms with E-state index in [1.807, 2.05) is 0 Å². The molecule has 0 aliphatic rings. The van der Waals surface area contributed by atoms with Crippen LogP contribution in [0.15, 0.2) is 23.1 Å². The fourth-order valence-corrected chi connectivity index (χ4v) is 2.94. The highest BCUT2D eigenvalue weighted by molar-refractivity contribution is 7.89. The van der Waals surface area contributed by atoms with Crippen LogP contribution in [0.1, 0.15) is 25.7 Å². The van der Waals surface area contributed by atoms with Crippen molar-refractivity contribution in [2.45, 2.75) is 30.6 Å². The first-order valence-electron chi connectivity index (χ1n) is 6.13. The summed E-state index contributed by atoms with van der Waals surface area (Å²) >= 11 is 0. The summed E-state index contributed by atoms with van der Waals surface area (Å²) in [6.45, 7) is 0.360. The average Bonchev–Trinajstić information content (AvgIpc) is 2.33. The van der Waals surface area contributed by atoms with Crippen LogP contribution in [0.3, 0.4) is 0 Å². The van der Waals surface area contributed by atoms with Gasteiger partial charge in [-0.3, -0.25) is 0 Å². The van der Waals surface area contributed by atoms with Crippen molar-refractivity contribution in [3.8, 4) is 0 Å². The van der Waals surface area contributed by atoms with Crippen molar-refractivity contribution in [1.29, 1.82) is 0 Å². The number of unbranched alkanes of at least 4 members (excludes halogenated alkanes) is 3. The van der Waals surface area contributed by atoms with Crippen molar-refractivity contribution in [1.82, 2.24) is 4.72 Å². The molecule has 0 aliphatic carbocycles. The van der Waals surface area contributed by atoms with Gasteiger partial charge in [0.2, 0.25) is 10.0 Å². The number of benzene rings is 1. The Labute approximate surface area is 112 Å². The van der Waals surface area contributed by atoms with Crippen molar-refractivity contribution in [3.63, 3.8) is 0 Å². The van der Waals surface area contributed by atoms with Gasteiger partial charge in [0.15, 0.2) is 0 Å². The normalized spacial score (nSPS) is 11.7. The number of nitrogen functional groups attached to an aromatic ring is 1. The molecular weight excluding hydrogens is 271 g/mol. The lowest BCUT2D eigenvalue weighted by molar-refractivity contribution is 0.282. The van der Waals surface area contributed by atoms with Gasteiger partial charge in [-0.05, 0) is 25.0 Å². The number of nitrogens with one attached hydrogen (secondary N) is 1. The number of anilines is 1. The highest BCUT2D eigenvalue weighted by atomic mass is 32.2. The van der Waals surface area contributed by atoms with E-state index in [1.54, 1.807) is 0 Å². The zero-order valence-electron chi connectivity index (χ0n) is 10.6. The van der Waals surface area contributed by atoms with Crippen LogP contribution in [0.5, 0.6) is 0 Å². The van der Waals surface area contributed by atoms with Crippen molar-refractivity contribution in [2.24, 2.45) is 0 Å². The van der Waals surface area contributed by atoms with Crippen molar-refractivity contribution < 1.29 is 17.9 Å². The fourth-order valence-electron chi connectivity index (χ4n) is 1.68. The third-order valence-corrected chi connectivity index (χ3v) is 4.20. The molecular formula is C12H19FN2O3S. The molecule has 1 rings (SSSR count). The highest BCUT2D eigenvalue weighted by Crippen LogP contribution is 2.21. The van der Waals surface area contributed by atoms with Gasteiger partial charge in [0.1, 0.15) is 10.7 Å². The Hall–Kier alpha value is -1.18. The van der Waals surface area contributed by atoms with E-state index in [0.717, 1.165) is 18.9 Å². The maximum atomic E-state index is 13.5. The molecule has 0 saturated heterocycles. The van der Waals surface area contributed by atoms with Gasteiger partial charge in [-0.2, -0.15) is 0 Å². The van der Waals surface area contributed by atoms with Gasteiger partial charge in [0.25, 0.3) is 0 Å². The molecule has 0 amide bonds. The predicted octanol–water partition coefficient (Wildman–Crippen LogP) is 1.24. The van der Waals surface area contributed by atoms with Crippen LogP contribution in [0.4, 0.5) is 10.1 Å². The van der Waals surface area contributed by atoms with Crippen LogP contribution in [0.25, 0.3) is 0 Å². The molecule has 0 atom stereocenters. The minimum absolute atomic E-state index is 0.104. The number of rotatable bonds is 8. The minimum Gasteiger partial charge on any atom is -0.398 e. The molecule has 0 aromatic heterocycles. The van der Waals surface area contributed by atoms with Crippen LogP contribution in [0.2, 0.25) is 0 Å². The first-order valence-corrected chi connectivity index (χ1v) is 7.62. The Bertz CT molecular complexity index is 485. The SMILES string of the molecule is Nc1cccc(F)c1S(=O)(=O)NCCCCCCO. The molecule has 1 aromatic carbocycles. The second-order valence-corrected chi connectivity index (χ2v) is 5.90. The third-order valence-electron chi connectivity index (χ3n) is 2.64. The van der Waals surface area contributed by atoms with Crippen molar-refractivity contribution >= 4 is 15.7 Å². The van der Waals surface area contributed by atoms with E-state index in [4.69, 9.17) is 10.8 Å². The van der Waals surface area contributed by atoms with E-state index in [-0.39, 0.29) is 18.8 Å². The highest BCUT2D eigenvalue weighted by Gasteiger charge is 2.21. The van der Waals surface area contributed by atoms with E-state index in [1.165, 1.54) is 12.1 Å². The summed E-state index contributed by atoms with van der Waals surface area (Å²) in [6, 6.07) is 3.77. The number of hydrogen-bond donors (Lipinski definition) is 3. The molecule has 0 aliphatic heterocycles. The van der Waals surface area contributed by atoms with Gasteiger partial charge >= 0.3 is 0 Å². The molecule has 0 bridgehead atoms. The van der Waals surface area contributed by atoms with Crippen LogP contribution < -0.4 is 10.5 Å². The van der Waals surface area contributed by atoms with Gasteiger partial charge < -0.3 is 10.8 Å². The molecule has 0 spiro atoms. The Morgan fingerprint density at radius 3 is 2.53 bits per heavy atom. The Kier molecular flexibility index (Phi) is 6.20. The van der Waals surface area contributed by atoms with Crippen LogP contribution in [-0.4, -0.2) is 26.7 Å². The monoisotopic (exact) mass is 290 g/mol. The van der Waals surface area contributed by atoms with Gasteiger partial charge in [0.05, 0.1) is 5.69 Å². The lowest BCUT2D eigenvalue weighted by Crippen LogP contribution is -2.26. The fraction of sp³-hybridized carbons (Fsp3) is 0.500. The Balaban J connectivity index is 2.57. The van der Waals surface area contributed by atoms with E-state index >= 15 is 0 Å². The molecule has 0 radical (unpaired) electrons. The Morgan fingerprint density at radius 2 is 1.89 bits per heavy atom. The summed E-state index contributed by atoms with van der Waals surface area (Å²) < 4.78 is 39.6. The maximum absolute atomic E-state index is 13.5. The van der Waals surface area contributed by atoms with Crippen LogP contribution in [-0.2, 0) is 10.0 Å². The van der Waals surface area contributed by atoms with E-state index in [0.29, 0.717) is 12.8 Å². The summed E-state index contributed by atoms with van der Waals surface area (Å²) in [7, 11) is -3.91. The summed E-state index contributed by atoms with van der Waals surface area (Å²) in [6.07, 6.45) is 2.97. The lowest BCUT2D eigenvalue weighted by Gasteiger charge is -2.09. The van der Waals surface area contributed by atoms with Crippen molar-refractivity contribution in [2.75, 3.05) is 18.9 Å². The maximum Gasteiger partial charge on any atom is 0.245 e. The molecule has 1 aromatic rings. The molecule has 7 heteroatoms. The largest absolute Gasteiger partial charge is 0.398 e. The molecule has 4 N–H and O–H groups in total. The number of sulfonamides is 1. The minimum atomic E-state index is -3.91. The second-order valence-electron chi connectivity index (χ2n) is 4.19. The van der Waals surface area contributed by atoms with E-state index in [2.05, 4.69) is 4.72 Å². The third kappa shape index (κ3) is 4.77. The molecule has 5 nitrogen and oxygen atoms in total. The molecule has 0 unspecified atom stereocenters. The summed E-state index contributed by atoms with van der Waals surface area (Å²) in [5.41, 5.74) is 5.39. The van der Waals surface area contributed by atoms with E-state index in [9.17, 15) is 12.8 Å². The van der Waals surface area contributed by atoms with E-state index < -0.39 is 20.7 Å². The number of nitrogens with two attached hydrogens (primary N) is 1. The molecule has 0 saturated carbocycles. The molecule has 108 valence electrons. The standard InChI is InChI=1S/C12H19FN2O3S/c13-10-6-5-7-11(14)12(10)19(17,18)15-8-3-1-2-4-9-16/h5-7,15-16H,1-4,8-9,14H2. The van der Waals surface area contributed by atoms with Crippen molar-refractivity contribution in [3.05, 3.63) is 24.0 Å². The summed E-state index contributed by atoms with van der Waals surface area (Å²) in [5, 5.41) is 8.59. The number of aliphatic hydroxyl groups excluding tert-OH is 1. The zero-order valence-corrected chi connectivity index (χ0v) is 11.4. The number of halogens is 1. The second kappa shape index (κ2) is 7.42. The average molecular weight is 290 g/mol. The van der Waals surface area contributed by atoms with Crippen LogP contribution in [0, 0.1) is 5.82 Å². The van der Waals surface area contributed by atoms with Crippen LogP contribution >= 0.6 is 0 Å². The van der Waals surface area contributed by atoms with Gasteiger partial charge in [-0.1, -0.05) is 18.9 Å². The molecule has 0 heterocycles.